The summed E-state index contributed by atoms with van der Waals surface area (Å²) in [5.41, 5.74) is 0.602. The number of hydrogen-bond donors (Lipinski definition) is 1. The second-order valence-corrected chi connectivity index (χ2v) is 6.86. The molecule has 0 radical (unpaired) electrons. The van der Waals surface area contributed by atoms with E-state index < -0.39 is 16.0 Å². The summed E-state index contributed by atoms with van der Waals surface area (Å²) in [6.45, 7) is 4.56. The maximum atomic E-state index is 11.7. The Labute approximate surface area is 125 Å². The van der Waals surface area contributed by atoms with Crippen molar-refractivity contribution in [3.05, 3.63) is 23.8 Å². The molecule has 0 saturated carbocycles. The largest absolute Gasteiger partial charge is 0.493 e. The second kappa shape index (κ2) is 7.31. The van der Waals surface area contributed by atoms with E-state index in [0.717, 1.165) is 12.7 Å². The molecular formula is C14H21NO5S. The van der Waals surface area contributed by atoms with Crippen LogP contribution in [0.4, 0.5) is 5.69 Å². The van der Waals surface area contributed by atoms with E-state index in [0.29, 0.717) is 24.0 Å². The Morgan fingerprint density at radius 2 is 2.00 bits per heavy atom. The summed E-state index contributed by atoms with van der Waals surface area (Å²) < 4.78 is 35.1. The van der Waals surface area contributed by atoms with Crippen LogP contribution in [0.1, 0.15) is 30.6 Å². The highest BCUT2D eigenvalue weighted by molar-refractivity contribution is 7.92. The van der Waals surface area contributed by atoms with Crippen molar-refractivity contribution in [2.24, 2.45) is 5.92 Å². The van der Waals surface area contributed by atoms with Crippen molar-refractivity contribution < 1.29 is 22.7 Å². The van der Waals surface area contributed by atoms with Gasteiger partial charge in [-0.15, -0.1) is 0 Å². The Morgan fingerprint density at radius 3 is 2.52 bits per heavy atom. The quantitative estimate of drug-likeness (QED) is 0.781. The molecule has 0 amide bonds. The molecule has 1 N–H and O–H groups in total. The van der Waals surface area contributed by atoms with Gasteiger partial charge in [-0.1, -0.05) is 13.8 Å². The molecule has 0 unspecified atom stereocenters. The molecule has 0 spiro atoms. The molecule has 6 nitrogen and oxygen atoms in total. The van der Waals surface area contributed by atoms with Crippen molar-refractivity contribution in [1.82, 2.24) is 0 Å². The number of esters is 1. The average Bonchev–Trinajstić information content (AvgIpc) is 2.36. The summed E-state index contributed by atoms with van der Waals surface area (Å²) in [4.78, 5) is 11.7. The lowest BCUT2D eigenvalue weighted by Crippen LogP contribution is -2.12. The molecule has 0 aliphatic heterocycles. The second-order valence-electron chi connectivity index (χ2n) is 5.11. The van der Waals surface area contributed by atoms with E-state index in [-0.39, 0.29) is 5.56 Å². The zero-order valence-electron chi connectivity index (χ0n) is 12.7. The highest BCUT2D eigenvalue weighted by atomic mass is 32.2. The SMILES string of the molecule is COC(=O)c1ccc(NS(C)(=O)=O)cc1OCCC(C)C. The van der Waals surface area contributed by atoms with Crippen LogP contribution in [0.2, 0.25) is 0 Å². The predicted octanol–water partition coefficient (Wildman–Crippen LogP) is 2.27. The lowest BCUT2D eigenvalue weighted by Gasteiger charge is -2.13. The summed E-state index contributed by atoms with van der Waals surface area (Å²) in [5, 5.41) is 0. The number of sulfonamides is 1. The maximum absolute atomic E-state index is 11.7. The Hall–Kier alpha value is -1.76. The third kappa shape index (κ3) is 6.03. The van der Waals surface area contributed by atoms with Crippen LogP contribution in [0.3, 0.4) is 0 Å². The number of methoxy groups -OCH3 is 1. The Kier molecular flexibility index (Phi) is 6.02. The van der Waals surface area contributed by atoms with E-state index in [9.17, 15) is 13.2 Å². The van der Waals surface area contributed by atoms with E-state index in [4.69, 9.17) is 4.74 Å². The van der Waals surface area contributed by atoms with Crippen LogP contribution in [-0.4, -0.2) is 34.4 Å². The first-order chi connectivity index (χ1) is 9.73. The minimum Gasteiger partial charge on any atom is -0.493 e. The van der Waals surface area contributed by atoms with Gasteiger partial charge >= 0.3 is 5.97 Å². The molecule has 0 heterocycles. The minimum absolute atomic E-state index is 0.264. The Morgan fingerprint density at radius 1 is 1.33 bits per heavy atom. The molecule has 0 aliphatic carbocycles. The standard InChI is InChI=1S/C14H21NO5S/c1-10(2)7-8-20-13-9-11(15-21(4,17)18)5-6-12(13)14(16)19-3/h5-6,9-10,15H,7-8H2,1-4H3. The normalized spacial score (nSPS) is 11.3. The van der Waals surface area contributed by atoms with Crippen LogP contribution in [0.15, 0.2) is 18.2 Å². The van der Waals surface area contributed by atoms with Gasteiger partial charge in [-0.05, 0) is 24.5 Å². The van der Waals surface area contributed by atoms with Crippen molar-refractivity contribution in [1.29, 1.82) is 0 Å². The third-order valence-corrected chi connectivity index (χ3v) is 3.25. The molecule has 1 aromatic carbocycles. The van der Waals surface area contributed by atoms with E-state index in [1.807, 2.05) is 0 Å². The highest BCUT2D eigenvalue weighted by Gasteiger charge is 2.15. The van der Waals surface area contributed by atoms with Gasteiger partial charge in [-0.2, -0.15) is 0 Å². The van der Waals surface area contributed by atoms with E-state index >= 15 is 0 Å². The van der Waals surface area contributed by atoms with Gasteiger partial charge in [0.1, 0.15) is 11.3 Å². The van der Waals surface area contributed by atoms with Crippen LogP contribution < -0.4 is 9.46 Å². The number of rotatable bonds is 7. The first kappa shape index (κ1) is 17.3. The van der Waals surface area contributed by atoms with Crippen molar-refractivity contribution in [3.63, 3.8) is 0 Å². The first-order valence-corrected chi connectivity index (χ1v) is 8.45. The third-order valence-electron chi connectivity index (χ3n) is 2.64. The fraction of sp³-hybridized carbons (Fsp3) is 0.500. The molecule has 118 valence electrons. The van der Waals surface area contributed by atoms with Gasteiger partial charge in [0.2, 0.25) is 10.0 Å². The van der Waals surface area contributed by atoms with E-state index in [1.165, 1.54) is 25.3 Å². The van der Waals surface area contributed by atoms with Gasteiger partial charge < -0.3 is 9.47 Å². The topological polar surface area (TPSA) is 81.7 Å². The van der Waals surface area contributed by atoms with Gasteiger partial charge in [-0.3, -0.25) is 4.72 Å². The lowest BCUT2D eigenvalue weighted by atomic mass is 10.1. The number of nitrogens with one attached hydrogen (secondary N) is 1. The van der Waals surface area contributed by atoms with Gasteiger partial charge in [-0.25, -0.2) is 13.2 Å². The molecule has 0 aliphatic rings. The zero-order chi connectivity index (χ0) is 16.0. The molecule has 0 saturated heterocycles. The molecule has 7 heteroatoms. The number of carbonyl (C=O) groups excluding carboxylic acids is 1. The van der Waals surface area contributed by atoms with Crippen LogP contribution >= 0.6 is 0 Å². The maximum Gasteiger partial charge on any atom is 0.341 e. The molecule has 0 aromatic heterocycles. The number of ether oxygens (including phenoxy) is 2. The summed E-state index contributed by atoms with van der Waals surface area (Å²) in [7, 11) is -2.11. The molecule has 21 heavy (non-hydrogen) atoms. The van der Waals surface area contributed by atoms with Gasteiger partial charge in [0.15, 0.2) is 0 Å². The monoisotopic (exact) mass is 315 g/mol. The minimum atomic E-state index is -3.39. The average molecular weight is 315 g/mol. The molecular weight excluding hydrogens is 294 g/mol. The van der Waals surface area contributed by atoms with Crippen LogP contribution in [-0.2, 0) is 14.8 Å². The summed E-state index contributed by atoms with van der Waals surface area (Å²) in [6, 6.07) is 4.44. The number of hydrogen-bond acceptors (Lipinski definition) is 5. The van der Waals surface area contributed by atoms with E-state index in [2.05, 4.69) is 23.3 Å². The number of benzene rings is 1. The van der Waals surface area contributed by atoms with Crippen molar-refractivity contribution in [2.75, 3.05) is 24.7 Å². The van der Waals surface area contributed by atoms with E-state index in [1.54, 1.807) is 0 Å². The Balaban J connectivity index is 3.01. The lowest BCUT2D eigenvalue weighted by molar-refractivity contribution is 0.0596. The molecule has 0 atom stereocenters. The summed E-state index contributed by atoms with van der Waals surface area (Å²) in [5.74, 6) is 0.237. The molecule has 0 bridgehead atoms. The summed E-state index contributed by atoms with van der Waals surface area (Å²) >= 11 is 0. The fourth-order valence-corrected chi connectivity index (χ4v) is 2.16. The van der Waals surface area contributed by atoms with Crippen molar-refractivity contribution in [2.45, 2.75) is 20.3 Å². The first-order valence-electron chi connectivity index (χ1n) is 6.56. The van der Waals surface area contributed by atoms with Crippen molar-refractivity contribution >= 4 is 21.7 Å². The van der Waals surface area contributed by atoms with Crippen molar-refractivity contribution in [3.8, 4) is 5.75 Å². The number of carbonyl (C=O) groups is 1. The molecule has 1 rings (SSSR count). The predicted molar refractivity (Wildman–Crippen MR) is 81.2 cm³/mol. The smallest absolute Gasteiger partial charge is 0.341 e. The summed E-state index contributed by atoms with van der Waals surface area (Å²) in [6.07, 6.45) is 1.88. The molecule has 0 fully saturated rings. The zero-order valence-corrected chi connectivity index (χ0v) is 13.5. The molecule has 1 aromatic rings. The van der Waals surface area contributed by atoms with Crippen LogP contribution in [0.25, 0.3) is 0 Å². The highest BCUT2D eigenvalue weighted by Crippen LogP contribution is 2.25. The fourth-order valence-electron chi connectivity index (χ4n) is 1.60. The number of anilines is 1. The Bertz CT molecular complexity index is 595. The van der Waals surface area contributed by atoms with Crippen LogP contribution in [0.5, 0.6) is 5.75 Å². The van der Waals surface area contributed by atoms with Crippen LogP contribution in [0, 0.1) is 5.92 Å². The van der Waals surface area contributed by atoms with Gasteiger partial charge in [0.25, 0.3) is 0 Å². The van der Waals surface area contributed by atoms with Gasteiger partial charge in [0, 0.05) is 6.07 Å². The van der Waals surface area contributed by atoms with Gasteiger partial charge in [0.05, 0.1) is 25.7 Å².